The molecule has 0 spiro atoms. The van der Waals surface area contributed by atoms with Gasteiger partial charge in [-0.2, -0.15) is 0 Å². The molecule has 0 radical (unpaired) electrons. The number of hydrogen-bond donors (Lipinski definition) is 1. The Balaban J connectivity index is 1.58. The van der Waals surface area contributed by atoms with Crippen molar-refractivity contribution in [3.05, 3.63) is 35.9 Å². The first-order valence-corrected chi connectivity index (χ1v) is 7.44. The summed E-state index contributed by atoms with van der Waals surface area (Å²) >= 11 is 0. The van der Waals surface area contributed by atoms with Crippen molar-refractivity contribution in [2.45, 2.75) is 44.6 Å². The second-order valence-electron chi connectivity index (χ2n) is 6.15. The summed E-state index contributed by atoms with van der Waals surface area (Å²) < 4.78 is 16.7. The molecule has 120 valence electrons. The Labute approximate surface area is 129 Å². The molecule has 0 unspecified atom stereocenters. The molecular weight excluding hydrogens is 286 g/mol. The first-order valence-electron chi connectivity index (χ1n) is 7.44. The number of carbonyl (C=O) groups excluding carboxylic acids is 1. The third-order valence-electron chi connectivity index (χ3n) is 3.87. The van der Waals surface area contributed by atoms with Crippen molar-refractivity contribution in [1.29, 1.82) is 0 Å². The topological polar surface area (TPSA) is 68.2 Å². The van der Waals surface area contributed by atoms with Crippen LogP contribution in [0.5, 0.6) is 0 Å². The molecule has 0 saturated carbocycles. The van der Waals surface area contributed by atoms with E-state index in [2.05, 4.69) is 0 Å². The van der Waals surface area contributed by atoms with Crippen molar-refractivity contribution in [1.82, 2.24) is 4.90 Å². The van der Waals surface area contributed by atoms with E-state index in [1.807, 2.05) is 30.3 Å². The van der Waals surface area contributed by atoms with E-state index >= 15 is 0 Å². The normalized spacial score (nSPS) is 30.0. The monoisotopic (exact) mass is 307 g/mol. The highest BCUT2D eigenvalue weighted by Crippen LogP contribution is 2.33. The first kappa shape index (κ1) is 15.3. The Morgan fingerprint density at radius 2 is 2.05 bits per heavy atom. The molecule has 2 heterocycles. The van der Waals surface area contributed by atoms with Gasteiger partial charge < -0.3 is 24.2 Å². The second-order valence-corrected chi connectivity index (χ2v) is 6.15. The fourth-order valence-corrected chi connectivity index (χ4v) is 2.91. The lowest BCUT2D eigenvalue weighted by Crippen LogP contribution is -2.55. The van der Waals surface area contributed by atoms with E-state index in [4.69, 9.17) is 14.2 Å². The van der Waals surface area contributed by atoms with Crippen LogP contribution in [0.25, 0.3) is 0 Å². The third kappa shape index (κ3) is 3.24. The molecule has 0 aromatic heterocycles. The number of hydrogen-bond acceptors (Lipinski definition) is 5. The van der Waals surface area contributed by atoms with Gasteiger partial charge >= 0.3 is 6.09 Å². The predicted molar refractivity (Wildman–Crippen MR) is 78.0 cm³/mol. The van der Waals surface area contributed by atoms with E-state index in [9.17, 15) is 9.90 Å². The molecule has 1 amide bonds. The van der Waals surface area contributed by atoms with Gasteiger partial charge in [0.1, 0.15) is 24.9 Å². The van der Waals surface area contributed by atoms with Crippen LogP contribution in [0.2, 0.25) is 0 Å². The van der Waals surface area contributed by atoms with Crippen molar-refractivity contribution < 1.29 is 24.1 Å². The molecule has 1 aromatic rings. The van der Waals surface area contributed by atoms with Crippen LogP contribution >= 0.6 is 0 Å². The van der Waals surface area contributed by atoms with E-state index < -0.39 is 24.1 Å². The van der Waals surface area contributed by atoms with Crippen molar-refractivity contribution >= 4 is 6.09 Å². The number of aliphatic hydroxyl groups excluding tert-OH is 1. The number of nitrogens with zero attached hydrogens (tertiary/aromatic N) is 1. The lowest BCUT2D eigenvalue weighted by atomic mass is 10.0. The number of amides is 1. The molecule has 1 aromatic carbocycles. The number of β-amino-alcohol motifs (C(OH)–C–C–N with tert-alkyl or cyclic N) is 1. The number of ether oxygens (including phenoxy) is 3. The number of carbonyl (C=O) groups is 1. The standard InChI is InChI=1S/C16H21NO5/c1-16(2)21-13-9-17(8-12(18)14(13)22-16)15(19)20-10-11-6-4-3-5-7-11/h3-7,12-14,18H,8-10H2,1-2H3/t12-,13+,14-/m1/s1. The molecular formula is C16H21NO5. The minimum atomic E-state index is -0.773. The summed E-state index contributed by atoms with van der Waals surface area (Å²) in [5.74, 6) is -0.736. The summed E-state index contributed by atoms with van der Waals surface area (Å²) in [4.78, 5) is 13.6. The quantitative estimate of drug-likeness (QED) is 0.897. The number of piperidine rings is 1. The third-order valence-corrected chi connectivity index (χ3v) is 3.87. The molecule has 2 fully saturated rings. The second kappa shape index (κ2) is 5.87. The maximum absolute atomic E-state index is 12.2. The average molecular weight is 307 g/mol. The van der Waals surface area contributed by atoms with Crippen molar-refractivity contribution in [3.8, 4) is 0 Å². The Bertz CT molecular complexity index is 533. The van der Waals surface area contributed by atoms with Gasteiger partial charge in [-0.3, -0.25) is 0 Å². The van der Waals surface area contributed by atoms with Gasteiger partial charge in [0.25, 0.3) is 0 Å². The Kier molecular flexibility index (Phi) is 4.08. The lowest BCUT2D eigenvalue weighted by Gasteiger charge is -2.35. The van der Waals surface area contributed by atoms with Crippen LogP contribution in [0.15, 0.2) is 30.3 Å². The number of likely N-dealkylation sites (tertiary alicyclic amines) is 1. The summed E-state index contributed by atoms with van der Waals surface area (Å²) in [6.45, 7) is 4.36. The molecule has 0 aliphatic carbocycles. The van der Waals surface area contributed by atoms with Gasteiger partial charge in [0, 0.05) is 0 Å². The predicted octanol–water partition coefficient (Wildman–Crippen LogP) is 1.52. The SMILES string of the molecule is CC1(C)O[C@@H]2[C@H](O)CN(C(=O)OCc3ccccc3)C[C@@H]2O1. The average Bonchev–Trinajstić information content (AvgIpc) is 2.80. The molecule has 1 N–H and O–H groups in total. The highest BCUT2D eigenvalue weighted by atomic mass is 16.8. The first-order chi connectivity index (χ1) is 10.4. The molecule has 2 aliphatic rings. The highest BCUT2D eigenvalue weighted by molar-refractivity contribution is 5.68. The number of benzene rings is 1. The zero-order valence-electron chi connectivity index (χ0n) is 12.8. The van der Waals surface area contributed by atoms with Crippen LogP contribution < -0.4 is 0 Å². The van der Waals surface area contributed by atoms with Crippen molar-refractivity contribution in [3.63, 3.8) is 0 Å². The summed E-state index contributed by atoms with van der Waals surface area (Å²) in [5.41, 5.74) is 0.924. The zero-order valence-corrected chi connectivity index (χ0v) is 12.8. The maximum atomic E-state index is 12.2. The Hall–Kier alpha value is -1.63. The molecule has 6 heteroatoms. The summed E-state index contributed by atoms with van der Waals surface area (Å²) in [6, 6.07) is 9.48. The van der Waals surface area contributed by atoms with Gasteiger partial charge in [0.2, 0.25) is 0 Å². The fraction of sp³-hybridized carbons (Fsp3) is 0.562. The van der Waals surface area contributed by atoms with E-state index in [-0.39, 0.29) is 19.3 Å². The largest absolute Gasteiger partial charge is 0.445 e. The lowest BCUT2D eigenvalue weighted by molar-refractivity contribution is -0.152. The smallest absolute Gasteiger partial charge is 0.410 e. The molecule has 2 aliphatic heterocycles. The highest BCUT2D eigenvalue weighted by Gasteiger charge is 2.49. The number of aliphatic hydroxyl groups is 1. The van der Waals surface area contributed by atoms with Crippen LogP contribution in [-0.4, -0.2) is 53.3 Å². The van der Waals surface area contributed by atoms with Gasteiger partial charge in [-0.25, -0.2) is 4.79 Å². The minimum Gasteiger partial charge on any atom is -0.445 e. The molecule has 3 atom stereocenters. The van der Waals surface area contributed by atoms with Crippen LogP contribution in [0.3, 0.4) is 0 Å². The van der Waals surface area contributed by atoms with Crippen LogP contribution in [0, 0.1) is 0 Å². The van der Waals surface area contributed by atoms with Gasteiger partial charge in [-0.05, 0) is 19.4 Å². The van der Waals surface area contributed by atoms with Gasteiger partial charge in [0.15, 0.2) is 5.79 Å². The zero-order chi connectivity index (χ0) is 15.7. The van der Waals surface area contributed by atoms with E-state index in [0.717, 1.165) is 5.56 Å². The summed E-state index contributed by atoms with van der Waals surface area (Å²) in [7, 11) is 0. The molecule has 22 heavy (non-hydrogen) atoms. The number of fused-ring (bicyclic) bond motifs is 1. The molecule has 3 rings (SSSR count). The fourth-order valence-electron chi connectivity index (χ4n) is 2.91. The molecule has 6 nitrogen and oxygen atoms in total. The van der Waals surface area contributed by atoms with Crippen molar-refractivity contribution in [2.24, 2.45) is 0 Å². The summed E-state index contributed by atoms with van der Waals surface area (Å²) in [6.07, 6.45) is -1.95. The minimum absolute atomic E-state index is 0.189. The van der Waals surface area contributed by atoms with E-state index in [0.29, 0.717) is 6.54 Å². The van der Waals surface area contributed by atoms with Crippen LogP contribution in [-0.2, 0) is 20.8 Å². The number of rotatable bonds is 2. The Morgan fingerprint density at radius 1 is 1.32 bits per heavy atom. The van der Waals surface area contributed by atoms with Crippen LogP contribution in [0.4, 0.5) is 4.79 Å². The van der Waals surface area contributed by atoms with Crippen molar-refractivity contribution in [2.75, 3.05) is 13.1 Å². The van der Waals surface area contributed by atoms with Gasteiger partial charge in [0.05, 0.1) is 13.1 Å². The van der Waals surface area contributed by atoms with Gasteiger partial charge in [-0.15, -0.1) is 0 Å². The maximum Gasteiger partial charge on any atom is 0.410 e. The summed E-state index contributed by atoms with van der Waals surface area (Å²) in [5, 5.41) is 10.2. The van der Waals surface area contributed by atoms with Crippen LogP contribution in [0.1, 0.15) is 19.4 Å². The molecule has 2 saturated heterocycles. The van der Waals surface area contributed by atoms with E-state index in [1.54, 1.807) is 13.8 Å². The molecule has 0 bridgehead atoms. The van der Waals surface area contributed by atoms with E-state index in [1.165, 1.54) is 4.90 Å². The Morgan fingerprint density at radius 3 is 2.77 bits per heavy atom. The van der Waals surface area contributed by atoms with Gasteiger partial charge in [-0.1, -0.05) is 30.3 Å².